The molecule has 0 saturated heterocycles. The van der Waals surface area contributed by atoms with Crippen molar-refractivity contribution in [1.29, 1.82) is 0 Å². The van der Waals surface area contributed by atoms with Crippen LogP contribution in [0.25, 0.3) is 0 Å². The third-order valence-electron chi connectivity index (χ3n) is 3.55. The first-order chi connectivity index (χ1) is 10.4. The lowest BCUT2D eigenvalue weighted by Gasteiger charge is -2.10. The van der Waals surface area contributed by atoms with Crippen molar-refractivity contribution >= 4 is 23.3 Å². The smallest absolute Gasteiger partial charge is 0.243 e. The third kappa shape index (κ3) is 3.61. The number of fused-ring (bicyclic) bond motifs is 1. The standard InChI is InChI=1S/C17H20N2O3/c1-11(2)8-16(21)18-7-6-15(20)12-4-5-14-13(9-12)10-17(22)19(14)3/h4-5,8-9H,6-7,10H2,1-3H3,(H,18,21). The van der Waals surface area contributed by atoms with Gasteiger partial charge in [-0.1, -0.05) is 5.57 Å². The van der Waals surface area contributed by atoms with Gasteiger partial charge in [0.1, 0.15) is 0 Å². The molecule has 5 nitrogen and oxygen atoms in total. The Bertz CT molecular complexity index is 658. The molecule has 1 heterocycles. The molecule has 0 fully saturated rings. The number of Topliss-reactive ketones (excluding diaryl/α,β-unsaturated/α-hetero) is 1. The summed E-state index contributed by atoms with van der Waals surface area (Å²) < 4.78 is 0. The number of carbonyl (C=O) groups is 3. The molecular weight excluding hydrogens is 280 g/mol. The maximum absolute atomic E-state index is 12.1. The number of hydrogen-bond acceptors (Lipinski definition) is 3. The second-order valence-electron chi connectivity index (χ2n) is 5.66. The normalized spacial score (nSPS) is 12.9. The van der Waals surface area contributed by atoms with Crippen LogP contribution in [0.15, 0.2) is 29.8 Å². The quantitative estimate of drug-likeness (QED) is 0.667. The zero-order valence-electron chi connectivity index (χ0n) is 13.1. The molecule has 0 atom stereocenters. The molecule has 116 valence electrons. The molecule has 2 rings (SSSR count). The number of carbonyl (C=O) groups excluding carboxylic acids is 3. The molecule has 22 heavy (non-hydrogen) atoms. The van der Waals surface area contributed by atoms with Gasteiger partial charge in [-0.3, -0.25) is 14.4 Å². The Kier molecular flexibility index (Phi) is 4.75. The average molecular weight is 300 g/mol. The van der Waals surface area contributed by atoms with Crippen molar-refractivity contribution in [1.82, 2.24) is 5.32 Å². The number of hydrogen-bond donors (Lipinski definition) is 1. The summed E-state index contributed by atoms with van der Waals surface area (Å²) in [6.45, 7) is 3.98. The Balaban J connectivity index is 1.94. The van der Waals surface area contributed by atoms with Crippen LogP contribution in [0.1, 0.15) is 36.2 Å². The predicted molar refractivity (Wildman–Crippen MR) is 84.9 cm³/mol. The zero-order valence-corrected chi connectivity index (χ0v) is 13.1. The van der Waals surface area contributed by atoms with Crippen LogP contribution in [0.3, 0.4) is 0 Å². The van der Waals surface area contributed by atoms with Crippen LogP contribution in [0.2, 0.25) is 0 Å². The van der Waals surface area contributed by atoms with Crippen LogP contribution in [-0.4, -0.2) is 31.2 Å². The highest BCUT2D eigenvalue weighted by molar-refractivity contribution is 6.03. The molecule has 5 heteroatoms. The van der Waals surface area contributed by atoms with Crippen LogP contribution in [0.5, 0.6) is 0 Å². The van der Waals surface area contributed by atoms with Gasteiger partial charge in [0.2, 0.25) is 11.8 Å². The van der Waals surface area contributed by atoms with E-state index in [1.807, 2.05) is 13.8 Å². The van der Waals surface area contributed by atoms with Crippen LogP contribution in [0.4, 0.5) is 5.69 Å². The molecule has 1 aliphatic heterocycles. The number of amides is 2. The van der Waals surface area contributed by atoms with Gasteiger partial charge >= 0.3 is 0 Å². The van der Waals surface area contributed by atoms with Gasteiger partial charge in [0.05, 0.1) is 6.42 Å². The third-order valence-corrected chi connectivity index (χ3v) is 3.55. The molecule has 0 aromatic heterocycles. The van der Waals surface area contributed by atoms with Gasteiger partial charge in [-0.2, -0.15) is 0 Å². The first-order valence-corrected chi connectivity index (χ1v) is 7.24. The number of allylic oxidation sites excluding steroid dienone is 1. The largest absolute Gasteiger partial charge is 0.352 e. The lowest BCUT2D eigenvalue weighted by atomic mass is 10.0. The maximum Gasteiger partial charge on any atom is 0.243 e. The molecule has 0 spiro atoms. The van der Waals surface area contributed by atoms with Crippen LogP contribution >= 0.6 is 0 Å². The van der Waals surface area contributed by atoms with E-state index in [1.165, 1.54) is 6.08 Å². The van der Waals surface area contributed by atoms with Crippen LogP contribution in [0, 0.1) is 0 Å². The number of nitrogens with zero attached hydrogens (tertiary/aromatic N) is 1. The Morgan fingerprint density at radius 3 is 2.73 bits per heavy atom. The topological polar surface area (TPSA) is 66.5 Å². The van der Waals surface area contributed by atoms with Crippen molar-refractivity contribution in [3.63, 3.8) is 0 Å². The summed E-state index contributed by atoms with van der Waals surface area (Å²) in [7, 11) is 1.73. The molecule has 1 aromatic carbocycles. The first kappa shape index (κ1) is 15.9. The number of benzene rings is 1. The number of nitrogens with one attached hydrogen (secondary N) is 1. The van der Waals surface area contributed by atoms with Crippen molar-refractivity contribution in [3.8, 4) is 0 Å². The molecule has 0 bridgehead atoms. The predicted octanol–water partition coefficient (Wildman–Crippen LogP) is 1.86. The highest BCUT2D eigenvalue weighted by Crippen LogP contribution is 2.28. The van der Waals surface area contributed by atoms with Gasteiger partial charge in [-0.05, 0) is 37.6 Å². The van der Waals surface area contributed by atoms with E-state index in [9.17, 15) is 14.4 Å². The average Bonchev–Trinajstić information content (AvgIpc) is 2.72. The monoisotopic (exact) mass is 300 g/mol. The molecule has 0 saturated carbocycles. The summed E-state index contributed by atoms with van der Waals surface area (Å²) in [6, 6.07) is 5.31. The summed E-state index contributed by atoms with van der Waals surface area (Å²) >= 11 is 0. The van der Waals surface area contributed by atoms with Gasteiger partial charge in [-0.15, -0.1) is 0 Å². The van der Waals surface area contributed by atoms with E-state index in [-0.39, 0.29) is 24.0 Å². The van der Waals surface area contributed by atoms with Gasteiger partial charge in [0.25, 0.3) is 0 Å². The summed E-state index contributed by atoms with van der Waals surface area (Å²) in [4.78, 5) is 36.8. The van der Waals surface area contributed by atoms with Gasteiger partial charge in [0, 0.05) is 37.3 Å². The lowest BCUT2D eigenvalue weighted by Crippen LogP contribution is -2.24. The highest BCUT2D eigenvalue weighted by Gasteiger charge is 2.24. The van der Waals surface area contributed by atoms with Crippen molar-refractivity contribution in [2.45, 2.75) is 26.7 Å². The van der Waals surface area contributed by atoms with Gasteiger partial charge in [0.15, 0.2) is 5.78 Å². The van der Waals surface area contributed by atoms with E-state index in [0.717, 1.165) is 16.8 Å². The molecule has 1 N–H and O–H groups in total. The minimum absolute atomic E-state index is 0.0357. The number of rotatable bonds is 5. The lowest BCUT2D eigenvalue weighted by molar-refractivity contribution is -0.117. The molecule has 0 radical (unpaired) electrons. The van der Waals surface area contributed by atoms with Gasteiger partial charge in [-0.25, -0.2) is 0 Å². The molecule has 0 aliphatic carbocycles. The van der Waals surface area contributed by atoms with Gasteiger partial charge < -0.3 is 10.2 Å². The van der Waals surface area contributed by atoms with Crippen LogP contribution in [-0.2, 0) is 16.0 Å². The summed E-state index contributed by atoms with van der Waals surface area (Å²) in [5.74, 6) is -0.190. The molecule has 1 aliphatic rings. The number of ketones is 1. The maximum atomic E-state index is 12.1. The minimum atomic E-state index is -0.186. The molecule has 2 amide bonds. The fraction of sp³-hybridized carbons (Fsp3) is 0.353. The Hall–Kier alpha value is -2.43. The molecule has 1 aromatic rings. The highest BCUT2D eigenvalue weighted by atomic mass is 16.2. The van der Waals surface area contributed by atoms with Crippen molar-refractivity contribution in [2.24, 2.45) is 0 Å². The SMILES string of the molecule is CC(C)=CC(=O)NCCC(=O)c1ccc2c(c1)CC(=O)N2C. The van der Waals surface area contributed by atoms with E-state index in [4.69, 9.17) is 0 Å². The van der Waals surface area contributed by atoms with E-state index in [0.29, 0.717) is 18.5 Å². The fourth-order valence-electron chi connectivity index (χ4n) is 2.40. The van der Waals surface area contributed by atoms with E-state index < -0.39 is 0 Å². The van der Waals surface area contributed by atoms with Crippen molar-refractivity contribution in [3.05, 3.63) is 41.0 Å². The van der Waals surface area contributed by atoms with Crippen molar-refractivity contribution in [2.75, 3.05) is 18.5 Å². The zero-order chi connectivity index (χ0) is 16.3. The Labute approximate surface area is 130 Å². The molecule has 0 unspecified atom stereocenters. The number of anilines is 1. The second kappa shape index (κ2) is 6.56. The summed E-state index contributed by atoms with van der Waals surface area (Å²) in [5, 5.41) is 2.68. The van der Waals surface area contributed by atoms with E-state index in [1.54, 1.807) is 30.1 Å². The first-order valence-electron chi connectivity index (χ1n) is 7.24. The summed E-state index contributed by atoms with van der Waals surface area (Å²) in [6.07, 6.45) is 2.08. The Morgan fingerprint density at radius 1 is 1.32 bits per heavy atom. The fourth-order valence-corrected chi connectivity index (χ4v) is 2.40. The summed E-state index contributed by atoms with van der Waals surface area (Å²) in [5.41, 5.74) is 3.24. The van der Waals surface area contributed by atoms with E-state index in [2.05, 4.69) is 5.32 Å². The van der Waals surface area contributed by atoms with E-state index >= 15 is 0 Å². The van der Waals surface area contributed by atoms with Crippen molar-refractivity contribution < 1.29 is 14.4 Å². The van der Waals surface area contributed by atoms with Crippen LogP contribution < -0.4 is 10.2 Å². The number of likely N-dealkylation sites (N-methyl/N-ethyl adjacent to an activating group) is 1. The minimum Gasteiger partial charge on any atom is -0.352 e. The molecular formula is C17H20N2O3. The second-order valence-corrected chi connectivity index (χ2v) is 5.66. The Morgan fingerprint density at radius 2 is 2.05 bits per heavy atom.